The van der Waals surface area contributed by atoms with Crippen LogP contribution in [0.1, 0.15) is 51.4 Å². The van der Waals surface area contributed by atoms with Gasteiger partial charge in [0.2, 0.25) is 5.91 Å². The highest BCUT2D eigenvalue weighted by Crippen LogP contribution is 2.55. The van der Waals surface area contributed by atoms with E-state index in [-0.39, 0.29) is 11.9 Å². The lowest BCUT2D eigenvalue weighted by molar-refractivity contribution is -0.122. The summed E-state index contributed by atoms with van der Waals surface area (Å²) in [6.45, 7) is 0.438. The molecule has 148 valence electrons. The average Bonchev–Trinajstić information content (AvgIpc) is 2.78. The number of fused-ring (bicyclic) bond motifs is 2. The van der Waals surface area contributed by atoms with Gasteiger partial charge in [-0.1, -0.05) is 23.2 Å². The number of carbonyl (C=O) groups is 1. The molecular formula is C21H27Cl2NO3. The van der Waals surface area contributed by atoms with Gasteiger partial charge in [-0.15, -0.1) is 0 Å². The molecule has 1 aromatic rings. The number of hydrogen-bond donors (Lipinski definition) is 2. The lowest BCUT2D eigenvalue weighted by Crippen LogP contribution is -2.42. The van der Waals surface area contributed by atoms with Crippen LogP contribution in [0.3, 0.4) is 0 Å². The first-order valence-electron chi connectivity index (χ1n) is 10.0. The standard InChI is InChI=1S/C21H27Cl2NO3/c22-15-4-6-19(17(23)9-15)27-7-1-2-20(25)24-18-5-3-13-8-14-11-21(26,10-13)12-16(14)18/h4,6,9,13-14,16,18,26H,1-3,5,7-8,10-12H2,(H,24,25). The third kappa shape index (κ3) is 4.38. The second-order valence-corrected chi connectivity index (χ2v) is 9.48. The van der Waals surface area contributed by atoms with E-state index in [4.69, 9.17) is 27.9 Å². The van der Waals surface area contributed by atoms with Crippen LogP contribution in [0.4, 0.5) is 0 Å². The fraction of sp³-hybridized carbons (Fsp3) is 0.667. The minimum atomic E-state index is -0.465. The summed E-state index contributed by atoms with van der Waals surface area (Å²) in [6.07, 6.45) is 7.22. The minimum absolute atomic E-state index is 0.0824. The molecule has 2 N–H and O–H groups in total. The number of benzene rings is 1. The lowest BCUT2D eigenvalue weighted by atomic mass is 9.77. The molecule has 5 atom stereocenters. The van der Waals surface area contributed by atoms with Crippen molar-refractivity contribution in [2.24, 2.45) is 17.8 Å². The maximum atomic E-state index is 12.4. The minimum Gasteiger partial charge on any atom is -0.492 e. The summed E-state index contributed by atoms with van der Waals surface area (Å²) in [6, 6.07) is 5.34. The molecule has 3 fully saturated rings. The SMILES string of the molecule is O=C(CCCOc1ccc(Cl)cc1Cl)NC1CCC2CC3CC(O)(C2)CC31. The fourth-order valence-corrected chi connectivity index (χ4v) is 6.05. The number of aliphatic hydroxyl groups is 1. The van der Waals surface area contributed by atoms with Crippen molar-refractivity contribution in [3.05, 3.63) is 28.2 Å². The molecule has 5 unspecified atom stereocenters. The predicted molar refractivity (Wildman–Crippen MR) is 106 cm³/mol. The van der Waals surface area contributed by atoms with Crippen LogP contribution in [0.15, 0.2) is 18.2 Å². The van der Waals surface area contributed by atoms with Gasteiger partial charge in [0.15, 0.2) is 0 Å². The first-order chi connectivity index (χ1) is 12.9. The van der Waals surface area contributed by atoms with Crippen LogP contribution in [0.5, 0.6) is 5.75 Å². The first-order valence-corrected chi connectivity index (χ1v) is 10.8. The van der Waals surface area contributed by atoms with E-state index in [0.29, 0.717) is 53.0 Å². The molecule has 0 saturated heterocycles. The molecular weight excluding hydrogens is 385 g/mol. The number of ether oxygens (including phenoxy) is 1. The molecule has 27 heavy (non-hydrogen) atoms. The first kappa shape index (κ1) is 19.4. The Morgan fingerprint density at radius 3 is 2.93 bits per heavy atom. The van der Waals surface area contributed by atoms with Crippen LogP contribution in [0.25, 0.3) is 0 Å². The normalized spacial score (nSPS) is 34.3. The smallest absolute Gasteiger partial charge is 0.220 e. The summed E-state index contributed by atoms with van der Waals surface area (Å²) in [5.74, 6) is 2.33. The quantitative estimate of drug-likeness (QED) is 0.672. The van der Waals surface area contributed by atoms with Gasteiger partial charge in [-0.2, -0.15) is 0 Å². The molecule has 0 heterocycles. The van der Waals surface area contributed by atoms with Gasteiger partial charge in [0, 0.05) is 17.5 Å². The third-order valence-corrected chi connectivity index (χ3v) is 7.15. The molecule has 1 amide bonds. The van der Waals surface area contributed by atoms with E-state index in [0.717, 1.165) is 32.1 Å². The Morgan fingerprint density at radius 2 is 2.11 bits per heavy atom. The van der Waals surface area contributed by atoms with Gasteiger partial charge < -0.3 is 15.2 Å². The van der Waals surface area contributed by atoms with Gasteiger partial charge in [-0.3, -0.25) is 4.79 Å². The Morgan fingerprint density at radius 1 is 1.26 bits per heavy atom. The number of hydrogen-bond acceptors (Lipinski definition) is 3. The maximum absolute atomic E-state index is 12.4. The van der Waals surface area contributed by atoms with Crippen LogP contribution in [-0.4, -0.2) is 29.3 Å². The van der Waals surface area contributed by atoms with Crippen LogP contribution in [0.2, 0.25) is 10.0 Å². The number of rotatable bonds is 6. The Labute approximate surface area is 170 Å². The van der Waals surface area contributed by atoms with Gasteiger partial charge in [0.05, 0.1) is 17.2 Å². The van der Waals surface area contributed by atoms with Gasteiger partial charge in [0.1, 0.15) is 5.75 Å². The Bertz CT molecular complexity index is 713. The Hall–Kier alpha value is -0.970. The second-order valence-electron chi connectivity index (χ2n) is 8.64. The third-order valence-electron chi connectivity index (χ3n) is 6.62. The van der Waals surface area contributed by atoms with Crippen molar-refractivity contribution in [3.63, 3.8) is 0 Å². The largest absolute Gasteiger partial charge is 0.492 e. The molecule has 6 heteroatoms. The molecule has 0 aromatic heterocycles. The molecule has 3 aliphatic carbocycles. The van der Waals surface area contributed by atoms with Gasteiger partial charge in [-0.25, -0.2) is 0 Å². The van der Waals surface area contributed by atoms with Crippen LogP contribution in [-0.2, 0) is 4.79 Å². The predicted octanol–water partition coefficient (Wildman–Crippen LogP) is 4.60. The highest BCUT2D eigenvalue weighted by molar-refractivity contribution is 6.35. The van der Waals surface area contributed by atoms with E-state index < -0.39 is 5.60 Å². The monoisotopic (exact) mass is 411 g/mol. The topological polar surface area (TPSA) is 58.6 Å². The van der Waals surface area contributed by atoms with E-state index in [1.54, 1.807) is 18.2 Å². The lowest BCUT2D eigenvalue weighted by Gasteiger charge is -2.33. The molecule has 0 spiro atoms. The van der Waals surface area contributed by atoms with Crippen molar-refractivity contribution in [1.82, 2.24) is 5.32 Å². The number of amides is 1. The molecule has 0 radical (unpaired) electrons. The molecule has 3 aliphatic rings. The zero-order valence-corrected chi connectivity index (χ0v) is 16.9. The van der Waals surface area contributed by atoms with E-state index in [9.17, 15) is 9.90 Å². The molecule has 3 bridgehead atoms. The van der Waals surface area contributed by atoms with Crippen molar-refractivity contribution in [2.45, 2.75) is 63.0 Å². The molecule has 4 rings (SSSR count). The van der Waals surface area contributed by atoms with E-state index >= 15 is 0 Å². The molecule has 0 aliphatic heterocycles. The highest BCUT2D eigenvalue weighted by Gasteiger charge is 2.53. The van der Waals surface area contributed by atoms with Crippen LogP contribution < -0.4 is 10.1 Å². The summed E-state index contributed by atoms with van der Waals surface area (Å²) < 4.78 is 5.65. The number of nitrogens with one attached hydrogen (secondary N) is 1. The van der Waals surface area contributed by atoms with Crippen LogP contribution >= 0.6 is 23.2 Å². The van der Waals surface area contributed by atoms with Gasteiger partial charge in [-0.05, 0) is 80.9 Å². The summed E-state index contributed by atoms with van der Waals surface area (Å²) in [4.78, 5) is 12.4. The molecule has 3 saturated carbocycles. The summed E-state index contributed by atoms with van der Waals surface area (Å²) in [5, 5.41) is 15.1. The molecule has 4 nitrogen and oxygen atoms in total. The number of carbonyl (C=O) groups excluding carboxylic acids is 1. The van der Waals surface area contributed by atoms with E-state index in [1.165, 1.54) is 6.42 Å². The van der Waals surface area contributed by atoms with Crippen molar-refractivity contribution < 1.29 is 14.6 Å². The Kier molecular flexibility index (Phi) is 5.59. The summed E-state index contributed by atoms with van der Waals surface area (Å²) in [5.41, 5.74) is -0.465. The van der Waals surface area contributed by atoms with Crippen molar-refractivity contribution in [3.8, 4) is 5.75 Å². The maximum Gasteiger partial charge on any atom is 0.220 e. The summed E-state index contributed by atoms with van der Waals surface area (Å²) in [7, 11) is 0. The van der Waals surface area contributed by atoms with E-state index in [1.807, 2.05) is 0 Å². The zero-order valence-electron chi connectivity index (χ0n) is 15.4. The Balaban J connectivity index is 1.24. The van der Waals surface area contributed by atoms with Crippen molar-refractivity contribution >= 4 is 29.1 Å². The van der Waals surface area contributed by atoms with Gasteiger partial charge in [0.25, 0.3) is 0 Å². The fourth-order valence-electron chi connectivity index (χ4n) is 5.59. The van der Waals surface area contributed by atoms with Crippen LogP contribution in [0, 0.1) is 17.8 Å². The number of halogens is 2. The van der Waals surface area contributed by atoms with Crippen molar-refractivity contribution in [1.29, 1.82) is 0 Å². The van der Waals surface area contributed by atoms with Gasteiger partial charge >= 0.3 is 0 Å². The van der Waals surface area contributed by atoms with E-state index in [2.05, 4.69) is 5.32 Å². The molecule has 1 aromatic carbocycles. The van der Waals surface area contributed by atoms with Crippen molar-refractivity contribution in [2.75, 3.05) is 6.61 Å². The summed E-state index contributed by atoms with van der Waals surface area (Å²) >= 11 is 12.0. The second kappa shape index (κ2) is 7.81. The highest BCUT2D eigenvalue weighted by atomic mass is 35.5. The zero-order chi connectivity index (χ0) is 19.0. The average molecular weight is 412 g/mol.